The van der Waals surface area contributed by atoms with Gasteiger partial charge in [0.25, 0.3) is 0 Å². The molecular weight excluding hydrogens is 382 g/mol. The Morgan fingerprint density at radius 2 is 2.00 bits per heavy atom. The van der Waals surface area contributed by atoms with Gasteiger partial charge in [0, 0.05) is 11.0 Å². The van der Waals surface area contributed by atoms with Crippen molar-refractivity contribution in [3.05, 3.63) is 56.7 Å². The largest absolute Gasteiger partial charge is 0.479 e. The molecule has 0 radical (unpaired) electrons. The number of rotatable bonds is 6. The van der Waals surface area contributed by atoms with Crippen LogP contribution in [0, 0.1) is 0 Å². The minimum Gasteiger partial charge on any atom is -0.479 e. The van der Waals surface area contributed by atoms with Gasteiger partial charge in [0.15, 0.2) is 6.04 Å². The number of aliphatic carboxylic acids is 1. The normalized spacial score (nSPS) is 11.7. The van der Waals surface area contributed by atoms with E-state index in [2.05, 4.69) is 15.9 Å². The highest BCUT2D eigenvalue weighted by atomic mass is 79.9. The molecule has 7 heteroatoms. The topological polar surface area (TPSA) is 66.8 Å². The maximum absolute atomic E-state index is 12.3. The van der Waals surface area contributed by atoms with Crippen LogP contribution in [0.2, 0.25) is 0 Å². The third-order valence-electron chi connectivity index (χ3n) is 3.22. The molecule has 0 aliphatic heterocycles. The van der Waals surface area contributed by atoms with Gasteiger partial charge in [0.05, 0.1) is 4.88 Å². The highest BCUT2D eigenvalue weighted by molar-refractivity contribution is 9.10. The Kier molecular flexibility index (Phi) is 6.18. The summed E-state index contributed by atoms with van der Waals surface area (Å²) in [5, 5.41) is 11.3. The fourth-order valence-electron chi connectivity index (χ4n) is 2.11. The highest BCUT2D eigenvalue weighted by Gasteiger charge is 2.33. The van der Waals surface area contributed by atoms with Gasteiger partial charge in [0.2, 0.25) is 0 Å². The van der Waals surface area contributed by atoms with Crippen molar-refractivity contribution in [1.82, 2.24) is 4.90 Å². The van der Waals surface area contributed by atoms with Gasteiger partial charge in [-0.2, -0.15) is 0 Å². The van der Waals surface area contributed by atoms with Gasteiger partial charge >= 0.3 is 12.1 Å². The molecule has 23 heavy (non-hydrogen) atoms. The minimum atomic E-state index is -1.09. The number of benzene rings is 1. The van der Waals surface area contributed by atoms with E-state index in [1.807, 2.05) is 30.3 Å². The van der Waals surface area contributed by atoms with Crippen LogP contribution in [0.15, 0.2) is 46.3 Å². The number of thiophene rings is 1. The van der Waals surface area contributed by atoms with Gasteiger partial charge in [-0.15, -0.1) is 11.3 Å². The van der Waals surface area contributed by atoms with Crippen LogP contribution in [0.1, 0.15) is 23.4 Å². The molecule has 2 aromatic rings. The highest BCUT2D eigenvalue weighted by Crippen LogP contribution is 2.33. The molecule has 0 saturated carbocycles. The van der Waals surface area contributed by atoms with Gasteiger partial charge in [-0.25, -0.2) is 9.59 Å². The Balaban J connectivity index is 2.14. The molecule has 2 rings (SSSR count). The van der Waals surface area contributed by atoms with Gasteiger partial charge in [0.1, 0.15) is 6.61 Å². The molecule has 0 spiro atoms. The summed E-state index contributed by atoms with van der Waals surface area (Å²) in [5.74, 6) is -1.09. The number of carboxylic acids is 1. The molecule has 1 heterocycles. The molecule has 1 amide bonds. The molecule has 122 valence electrons. The van der Waals surface area contributed by atoms with Crippen molar-refractivity contribution in [3.63, 3.8) is 0 Å². The Morgan fingerprint density at radius 3 is 2.52 bits per heavy atom. The summed E-state index contributed by atoms with van der Waals surface area (Å²) in [6.07, 6.45) is -0.649. The summed E-state index contributed by atoms with van der Waals surface area (Å²) in [4.78, 5) is 25.8. The molecule has 0 bridgehead atoms. The number of amides is 1. The number of nitrogens with zero attached hydrogens (tertiary/aromatic N) is 1. The lowest BCUT2D eigenvalue weighted by Crippen LogP contribution is -2.39. The van der Waals surface area contributed by atoms with Crippen LogP contribution in [-0.2, 0) is 16.1 Å². The SMILES string of the molecule is CCN(C(=O)OCc1ccccc1)C(C(=O)O)c1sccc1Br. The molecular formula is C16H16BrNO4S. The number of hydrogen-bond acceptors (Lipinski definition) is 4. The molecule has 1 N–H and O–H groups in total. The van der Waals surface area contributed by atoms with Crippen LogP contribution in [0.3, 0.4) is 0 Å². The Morgan fingerprint density at radius 1 is 1.30 bits per heavy atom. The van der Waals surface area contributed by atoms with Crippen LogP contribution >= 0.6 is 27.3 Å². The first-order valence-corrected chi connectivity index (χ1v) is 8.64. The first-order chi connectivity index (χ1) is 11.0. The molecule has 5 nitrogen and oxygen atoms in total. The van der Waals surface area contributed by atoms with E-state index in [4.69, 9.17) is 4.74 Å². The third kappa shape index (κ3) is 4.33. The van der Waals surface area contributed by atoms with E-state index >= 15 is 0 Å². The molecule has 1 unspecified atom stereocenters. The molecule has 0 fully saturated rings. The number of carboxylic acid groups (broad SMARTS) is 1. The number of likely N-dealkylation sites (N-methyl/N-ethyl adjacent to an activating group) is 1. The Hall–Kier alpha value is -1.86. The lowest BCUT2D eigenvalue weighted by Gasteiger charge is -2.26. The minimum absolute atomic E-state index is 0.105. The zero-order chi connectivity index (χ0) is 16.8. The van der Waals surface area contributed by atoms with Crippen LogP contribution in [0.4, 0.5) is 4.79 Å². The van der Waals surface area contributed by atoms with E-state index in [9.17, 15) is 14.7 Å². The standard InChI is InChI=1S/C16H16BrNO4S/c1-2-18(13(15(19)20)14-12(17)8-9-23-14)16(21)22-10-11-6-4-3-5-7-11/h3-9,13H,2,10H2,1H3,(H,19,20). The summed E-state index contributed by atoms with van der Waals surface area (Å²) in [6, 6.07) is 9.95. The van der Waals surface area contributed by atoms with Crippen LogP contribution in [0.5, 0.6) is 0 Å². The monoisotopic (exact) mass is 397 g/mol. The Labute approximate surface area is 146 Å². The van der Waals surface area contributed by atoms with Crippen LogP contribution in [0.25, 0.3) is 0 Å². The summed E-state index contributed by atoms with van der Waals surface area (Å²) in [7, 11) is 0. The molecule has 0 aliphatic rings. The second-order valence-corrected chi connectivity index (χ2v) is 6.50. The van der Waals surface area contributed by atoms with E-state index in [-0.39, 0.29) is 13.2 Å². The number of halogens is 1. The summed E-state index contributed by atoms with van der Waals surface area (Å²) >= 11 is 4.61. The number of ether oxygens (including phenoxy) is 1. The second kappa shape index (κ2) is 8.12. The average molecular weight is 398 g/mol. The van der Waals surface area contributed by atoms with Crippen molar-refractivity contribution in [2.75, 3.05) is 6.54 Å². The van der Waals surface area contributed by atoms with E-state index in [1.165, 1.54) is 16.2 Å². The molecule has 0 saturated heterocycles. The molecule has 0 aliphatic carbocycles. The lowest BCUT2D eigenvalue weighted by molar-refractivity contribution is -0.142. The zero-order valence-electron chi connectivity index (χ0n) is 12.4. The lowest BCUT2D eigenvalue weighted by atomic mass is 10.2. The van der Waals surface area contributed by atoms with Crippen molar-refractivity contribution in [1.29, 1.82) is 0 Å². The first-order valence-electron chi connectivity index (χ1n) is 6.97. The summed E-state index contributed by atoms with van der Waals surface area (Å²) in [5.41, 5.74) is 0.848. The summed E-state index contributed by atoms with van der Waals surface area (Å²) in [6.45, 7) is 2.06. The average Bonchev–Trinajstić information content (AvgIpc) is 2.96. The number of carbonyl (C=O) groups excluding carboxylic acids is 1. The van der Waals surface area contributed by atoms with E-state index < -0.39 is 18.1 Å². The maximum atomic E-state index is 12.3. The number of hydrogen-bond donors (Lipinski definition) is 1. The van der Waals surface area contributed by atoms with Crippen molar-refractivity contribution in [3.8, 4) is 0 Å². The molecule has 1 atom stereocenters. The smallest absolute Gasteiger partial charge is 0.411 e. The molecule has 1 aromatic heterocycles. The Bertz CT molecular complexity index is 674. The van der Waals surface area contributed by atoms with Crippen molar-refractivity contribution >= 4 is 39.3 Å². The van der Waals surface area contributed by atoms with Crippen molar-refractivity contribution < 1.29 is 19.4 Å². The fourth-order valence-corrected chi connectivity index (χ4v) is 3.80. The fraction of sp³-hybridized carbons (Fsp3) is 0.250. The second-order valence-electron chi connectivity index (χ2n) is 4.70. The quantitative estimate of drug-likeness (QED) is 0.788. The zero-order valence-corrected chi connectivity index (χ0v) is 14.8. The van der Waals surface area contributed by atoms with E-state index in [0.717, 1.165) is 5.56 Å². The van der Waals surface area contributed by atoms with Crippen molar-refractivity contribution in [2.24, 2.45) is 0 Å². The number of carbonyl (C=O) groups is 2. The van der Waals surface area contributed by atoms with Gasteiger partial charge in [-0.1, -0.05) is 30.3 Å². The third-order valence-corrected chi connectivity index (χ3v) is 5.14. The first kappa shape index (κ1) is 17.5. The van der Waals surface area contributed by atoms with Crippen LogP contribution < -0.4 is 0 Å². The predicted molar refractivity (Wildman–Crippen MR) is 91.4 cm³/mol. The predicted octanol–water partition coefficient (Wildman–Crippen LogP) is 4.30. The van der Waals surface area contributed by atoms with Crippen molar-refractivity contribution in [2.45, 2.75) is 19.6 Å². The van der Waals surface area contributed by atoms with E-state index in [0.29, 0.717) is 9.35 Å². The van der Waals surface area contributed by atoms with Crippen LogP contribution in [-0.4, -0.2) is 28.6 Å². The van der Waals surface area contributed by atoms with Gasteiger partial charge in [-0.05, 0) is 39.9 Å². The maximum Gasteiger partial charge on any atom is 0.411 e. The summed E-state index contributed by atoms with van der Waals surface area (Å²) < 4.78 is 5.93. The van der Waals surface area contributed by atoms with E-state index in [1.54, 1.807) is 18.4 Å². The molecule has 1 aromatic carbocycles. The van der Waals surface area contributed by atoms with Gasteiger partial charge < -0.3 is 9.84 Å². The van der Waals surface area contributed by atoms with Gasteiger partial charge in [-0.3, -0.25) is 4.90 Å².